The Hall–Kier alpha value is -2.39. The van der Waals surface area contributed by atoms with Crippen LogP contribution in [0.5, 0.6) is 5.75 Å². The van der Waals surface area contributed by atoms with Gasteiger partial charge in [-0.05, 0) is 24.5 Å². The second kappa shape index (κ2) is 8.33. The summed E-state index contributed by atoms with van der Waals surface area (Å²) in [5.74, 6) is -1.11. The van der Waals surface area contributed by atoms with E-state index < -0.39 is 21.9 Å². The van der Waals surface area contributed by atoms with Gasteiger partial charge in [-0.25, -0.2) is 17.8 Å². The van der Waals surface area contributed by atoms with Crippen LogP contribution in [0.4, 0.5) is 0 Å². The van der Waals surface area contributed by atoms with Crippen molar-refractivity contribution in [1.82, 2.24) is 14.5 Å². The van der Waals surface area contributed by atoms with Crippen LogP contribution in [0.1, 0.15) is 20.3 Å². The highest BCUT2D eigenvalue weighted by atomic mass is 32.2. The maximum absolute atomic E-state index is 12.5. The fourth-order valence-corrected chi connectivity index (χ4v) is 3.54. The number of sulfonamides is 1. The summed E-state index contributed by atoms with van der Waals surface area (Å²) in [4.78, 5) is 11.2. The number of nitrogens with one attached hydrogen (secondary N) is 1. The predicted molar refractivity (Wildman–Crippen MR) is 95.9 cm³/mol. The highest BCUT2D eigenvalue weighted by Crippen LogP contribution is 2.22. The van der Waals surface area contributed by atoms with Crippen LogP contribution in [-0.4, -0.2) is 42.9 Å². The second-order valence-corrected chi connectivity index (χ2v) is 8.08. The van der Waals surface area contributed by atoms with Gasteiger partial charge in [-0.15, -0.1) is 0 Å². The minimum absolute atomic E-state index is 0.0444. The first kappa shape index (κ1) is 19.9. The molecule has 1 aromatic carbocycles. The maximum Gasteiger partial charge on any atom is 0.307 e. The largest absolute Gasteiger partial charge is 0.494 e. The smallest absolute Gasteiger partial charge is 0.307 e. The van der Waals surface area contributed by atoms with Crippen molar-refractivity contribution in [3.63, 3.8) is 0 Å². The lowest BCUT2D eigenvalue weighted by Gasteiger charge is -2.15. The zero-order chi connectivity index (χ0) is 19.3. The van der Waals surface area contributed by atoms with E-state index in [1.54, 1.807) is 24.3 Å². The normalized spacial score (nSPS) is 12.9. The summed E-state index contributed by atoms with van der Waals surface area (Å²) in [7, 11) is -2.35. The zero-order valence-corrected chi connectivity index (χ0v) is 15.7. The van der Waals surface area contributed by atoms with Crippen molar-refractivity contribution >= 4 is 16.0 Å². The Bertz CT molecular complexity index is 861. The third-order valence-electron chi connectivity index (χ3n) is 3.83. The van der Waals surface area contributed by atoms with E-state index >= 15 is 0 Å². The van der Waals surface area contributed by atoms with Gasteiger partial charge < -0.3 is 9.84 Å². The first-order chi connectivity index (χ1) is 12.2. The quantitative estimate of drug-likeness (QED) is 0.686. The highest BCUT2D eigenvalue weighted by Gasteiger charge is 2.24. The Morgan fingerprint density at radius 1 is 1.35 bits per heavy atom. The monoisotopic (exact) mass is 381 g/mol. The number of methoxy groups -OCH3 is 1. The van der Waals surface area contributed by atoms with Gasteiger partial charge in [0.2, 0.25) is 10.0 Å². The molecule has 1 atom stereocenters. The van der Waals surface area contributed by atoms with Gasteiger partial charge in [0.05, 0.1) is 25.4 Å². The molecule has 2 rings (SSSR count). The maximum atomic E-state index is 12.5. The number of carboxylic acids is 1. The van der Waals surface area contributed by atoms with Crippen molar-refractivity contribution in [2.24, 2.45) is 11.8 Å². The Morgan fingerprint density at radius 2 is 2.04 bits per heavy atom. The molecule has 0 fully saturated rings. The topological polar surface area (TPSA) is 111 Å². The lowest BCUT2D eigenvalue weighted by atomic mass is 9.98. The van der Waals surface area contributed by atoms with Crippen LogP contribution in [0.3, 0.4) is 0 Å². The van der Waals surface area contributed by atoms with E-state index in [2.05, 4.69) is 9.82 Å². The number of hydrogen-bond acceptors (Lipinski definition) is 5. The Labute approximate surface area is 152 Å². The summed E-state index contributed by atoms with van der Waals surface area (Å²) in [5, 5.41) is 13.3. The summed E-state index contributed by atoms with van der Waals surface area (Å²) in [5.41, 5.74) is 0.597. The van der Waals surface area contributed by atoms with Gasteiger partial charge in [-0.1, -0.05) is 26.0 Å². The van der Waals surface area contributed by atoms with Crippen LogP contribution in [-0.2, 0) is 14.8 Å². The summed E-state index contributed by atoms with van der Waals surface area (Å²) < 4.78 is 33.9. The van der Waals surface area contributed by atoms with Crippen molar-refractivity contribution < 1.29 is 23.1 Å². The molecular weight excluding hydrogens is 358 g/mol. The van der Waals surface area contributed by atoms with Gasteiger partial charge in [-0.2, -0.15) is 5.10 Å². The lowest BCUT2D eigenvalue weighted by molar-refractivity contribution is -0.142. The van der Waals surface area contributed by atoms with E-state index in [0.717, 1.165) is 0 Å². The van der Waals surface area contributed by atoms with Crippen molar-refractivity contribution in [3.8, 4) is 11.4 Å². The standard InChI is InChI=1S/C17H23N3O5S/c1-12(2)8-13(17(21)22)9-19-26(23,24)14-10-18-20(11-14)15-6-4-5-7-16(15)25-3/h4-7,10-13,19H,8-9H2,1-3H3,(H,21,22). The Kier molecular flexibility index (Phi) is 6.38. The first-order valence-electron chi connectivity index (χ1n) is 8.15. The number of hydrogen-bond donors (Lipinski definition) is 2. The molecule has 0 aliphatic heterocycles. The van der Waals surface area contributed by atoms with Crippen LogP contribution < -0.4 is 9.46 Å². The molecule has 26 heavy (non-hydrogen) atoms. The van der Waals surface area contributed by atoms with Gasteiger partial charge >= 0.3 is 5.97 Å². The van der Waals surface area contributed by atoms with Crippen molar-refractivity contribution in [3.05, 3.63) is 36.7 Å². The van der Waals surface area contributed by atoms with Gasteiger partial charge in [-0.3, -0.25) is 4.79 Å². The molecule has 0 spiro atoms. The molecule has 1 aromatic heterocycles. The third-order valence-corrected chi connectivity index (χ3v) is 5.20. The van der Waals surface area contributed by atoms with E-state index in [-0.39, 0.29) is 17.4 Å². The molecule has 142 valence electrons. The number of nitrogens with zero attached hydrogens (tertiary/aromatic N) is 2. The number of aromatic nitrogens is 2. The van der Waals surface area contributed by atoms with Gasteiger partial charge in [0.15, 0.2) is 0 Å². The molecular formula is C17H23N3O5S. The molecule has 2 aromatic rings. The minimum Gasteiger partial charge on any atom is -0.494 e. The van der Waals surface area contributed by atoms with Crippen LogP contribution in [0.25, 0.3) is 5.69 Å². The van der Waals surface area contributed by atoms with Crippen LogP contribution in [0, 0.1) is 11.8 Å². The van der Waals surface area contributed by atoms with Gasteiger partial charge in [0.25, 0.3) is 0 Å². The molecule has 1 unspecified atom stereocenters. The molecule has 1 heterocycles. The summed E-state index contributed by atoms with van der Waals surface area (Å²) >= 11 is 0. The molecule has 0 amide bonds. The summed E-state index contributed by atoms with van der Waals surface area (Å²) in [6.45, 7) is 3.61. The molecule has 9 heteroatoms. The van der Waals surface area contributed by atoms with Gasteiger partial charge in [0, 0.05) is 6.54 Å². The molecule has 0 radical (unpaired) electrons. The minimum atomic E-state index is -3.87. The van der Waals surface area contributed by atoms with E-state index in [9.17, 15) is 18.3 Å². The van der Waals surface area contributed by atoms with Gasteiger partial charge in [0.1, 0.15) is 16.3 Å². The van der Waals surface area contributed by atoms with E-state index in [1.807, 2.05) is 13.8 Å². The average molecular weight is 381 g/mol. The Morgan fingerprint density at radius 3 is 2.65 bits per heavy atom. The van der Waals surface area contributed by atoms with Crippen molar-refractivity contribution in [1.29, 1.82) is 0 Å². The predicted octanol–water partition coefficient (Wildman–Crippen LogP) is 1.91. The van der Waals surface area contributed by atoms with Crippen LogP contribution in [0.15, 0.2) is 41.6 Å². The second-order valence-electron chi connectivity index (χ2n) is 6.31. The number of aliphatic carboxylic acids is 1. The fourth-order valence-electron chi connectivity index (χ4n) is 2.53. The molecule has 0 bridgehead atoms. The summed E-state index contributed by atoms with van der Waals surface area (Å²) in [6.07, 6.45) is 2.96. The van der Waals surface area contributed by atoms with Crippen molar-refractivity contribution in [2.75, 3.05) is 13.7 Å². The number of carbonyl (C=O) groups is 1. The number of para-hydroxylation sites is 2. The van der Waals surface area contributed by atoms with E-state index in [1.165, 1.54) is 24.2 Å². The molecule has 0 saturated heterocycles. The highest BCUT2D eigenvalue weighted by molar-refractivity contribution is 7.89. The first-order valence-corrected chi connectivity index (χ1v) is 9.63. The zero-order valence-electron chi connectivity index (χ0n) is 14.9. The fraction of sp³-hybridized carbons (Fsp3) is 0.412. The molecule has 2 N–H and O–H groups in total. The average Bonchev–Trinajstić information content (AvgIpc) is 3.09. The summed E-state index contributed by atoms with van der Waals surface area (Å²) in [6, 6.07) is 7.08. The van der Waals surface area contributed by atoms with Crippen molar-refractivity contribution in [2.45, 2.75) is 25.2 Å². The lowest BCUT2D eigenvalue weighted by Crippen LogP contribution is -2.33. The molecule has 8 nitrogen and oxygen atoms in total. The third kappa shape index (κ3) is 4.83. The Balaban J connectivity index is 2.17. The SMILES string of the molecule is COc1ccccc1-n1cc(S(=O)(=O)NCC(CC(C)C)C(=O)O)cn1. The number of benzene rings is 1. The number of rotatable bonds is 9. The van der Waals surface area contributed by atoms with E-state index in [0.29, 0.717) is 17.9 Å². The molecule has 0 aliphatic carbocycles. The number of carboxylic acid groups (broad SMARTS) is 1. The number of ether oxygens (including phenoxy) is 1. The molecule has 0 saturated carbocycles. The van der Waals surface area contributed by atoms with E-state index in [4.69, 9.17) is 4.74 Å². The molecule has 0 aliphatic rings. The van der Waals surface area contributed by atoms with Crippen LogP contribution in [0.2, 0.25) is 0 Å². The van der Waals surface area contributed by atoms with Crippen LogP contribution >= 0.6 is 0 Å².